The fourth-order valence-electron chi connectivity index (χ4n) is 2.87. The van der Waals surface area contributed by atoms with Gasteiger partial charge in [-0.25, -0.2) is 9.97 Å². The molecule has 29 heavy (non-hydrogen) atoms. The van der Waals surface area contributed by atoms with E-state index in [9.17, 15) is 0 Å². The number of hydrogen-bond acceptors (Lipinski definition) is 5. The van der Waals surface area contributed by atoms with Gasteiger partial charge in [0.1, 0.15) is 12.1 Å². The van der Waals surface area contributed by atoms with Gasteiger partial charge in [-0.3, -0.25) is 10.3 Å². The van der Waals surface area contributed by atoms with Gasteiger partial charge < -0.3 is 5.32 Å². The van der Waals surface area contributed by atoms with Gasteiger partial charge in [-0.05, 0) is 42.0 Å². The number of rotatable bonds is 7. The molecule has 0 saturated heterocycles. The van der Waals surface area contributed by atoms with Crippen molar-refractivity contribution in [3.05, 3.63) is 102 Å². The Morgan fingerprint density at radius 3 is 2.66 bits per heavy atom. The molecule has 0 aliphatic rings. The largest absolute Gasteiger partial charge is 0.340 e. The quantitative estimate of drug-likeness (QED) is 0.387. The standard InChI is InChI=1S/C23H19ClN4O/c1-16(28-29-14-17-9-11-19(24)12-10-17)18-5-4-6-20(13-18)27-23-21-7-2-3-8-22(21)25-15-26-23/h2-13,15,28H,1,14H2,(H,25,26,27). The first-order chi connectivity index (χ1) is 14.2. The summed E-state index contributed by atoms with van der Waals surface area (Å²) in [5.74, 6) is 0.755. The molecule has 2 N–H and O–H groups in total. The zero-order valence-electron chi connectivity index (χ0n) is 15.6. The maximum atomic E-state index is 5.90. The number of hydroxylamine groups is 1. The van der Waals surface area contributed by atoms with E-state index in [0.29, 0.717) is 17.3 Å². The van der Waals surface area contributed by atoms with Crippen LogP contribution in [0, 0.1) is 0 Å². The average molecular weight is 403 g/mol. The van der Waals surface area contributed by atoms with Gasteiger partial charge in [-0.1, -0.05) is 54.6 Å². The van der Waals surface area contributed by atoms with Crippen molar-refractivity contribution >= 4 is 39.7 Å². The minimum atomic E-state index is 0.404. The molecule has 5 nitrogen and oxygen atoms in total. The summed E-state index contributed by atoms with van der Waals surface area (Å²) < 4.78 is 0. The van der Waals surface area contributed by atoms with E-state index in [1.807, 2.05) is 72.8 Å². The summed E-state index contributed by atoms with van der Waals surface area (Å²) in [5.41, 5.74) is 7.27. The Balaban J connectivity index is 1.42. The van der Waals surface area contributed by atoms with E-state index < -0.39 is 0 Å². The molecular formula is C23H19ClN4O. The summed E-state index contributed by atoms with van der Waals surface area (Å²) in [6.07, 6.45) is 1.56. The van der Waals surface area contributed by atoms with E-state index in [0.717, 1.165) is 33.5 Å². The van der Waals surface area contributed by atoms with E-state index in [1.165, 1.54) is 0 Å². The summed E-state index contributed by atoms with van der Waals surface area (Å²) in [6, 6.07) is 23.3. The fraction of sp³-hybridized carbons (Fsp3) is 0.0435. The van der Waals surface area contributed by atoms with Gasteiger partial charge >= 0.3 is 0 Å². The van der Waals surface area contributed by atoms with Crippen LogP contribution in [-0.4, -0.2) is 9.97 Å². The van der Waals surface area contributed by atoms with E-state index in [4.69, 9.17) is 16.4 Å². The maximum absolute atomic E-state index is 5.90. The number of halogens is 1. The Labute approximate surface area is 174 Å². The summed E-state index contributed by atoms with van der Waals surface area (Å²) in [6.45, 7) is 4.46. The molecule has 0 saturated carbocycles. The molecule has 0 atom stereocenters. The molecule has 0 spiro atoms. The number of para-hydroxylation sites is 1. The summed E-state index contributed by atoms with van der Waals surface area (Å²) in [4.78, 5) is 14.2. The minimum absolute atomic E-state index is 0.404. The Kier molecular flexibility index (Phi) is 5.70. The van der Waals surface area contributed by atoms with Crippen molar-refractivity contribution in [2.75, 3.05) is 5.32 Å². The molecule has 0 aliphatic heterocycles. The SMILES string of the molecule is C=C(NOCc1ccc(Cl)cc1)c1cccc(Nc2ncnc3ccccc23)c1. The van der Waals surface area contributed by atoms with Crippen LogP contribution in [0.4, 0.5) is 11.5 Å². The highest BCUT2D eigenvalue weighted by Crippen LogP contribution is 2.24. The molecule has 3 aromatic carbocycles. The van der Waals surface area contributed by atoms with Crippen LogP contribution in [0.3, 0.4) is 0 Å². The fourth-order valence-corrected chi connectivity index (χ4v) is 3.00. The maximum Gasteiger partial charge on any atom is 0.141 e. The smallest absolute Gasteiger partial charge is 0.141 e. The van der Waals surface area contributed by atoms with Crippen LogP contribution in [-0.2, 0) is 11.4 Å². The number of nitrogens with zero attached hydrogens (tertiary/aromatic N) is 2. The molecule has 0 radical (unpaired) electrons. The molecule has 0 fully saturated rings. The second kappa shape index (κ2) is 8.73. The van der Waals surface area contributed by atoms with E-state index in [1.54, 1.807) is 6.33 Å². The molecule has 0 bridgehead atoms. The second-order valence-corrected chi connectivity index (χ2v) is 6.88. The molecule has 0 amide bonds. The Morgan fingerprint density at radius 2 is 1.79 bits per heavy atom. The normalized spacial score (nSPS) is 10.7. The molecule has 6 heteroatoms. The third-order valence-electron chi connectivity index (χ3n) is 4.36. The highest BCUT2D eigenvalue weighted by atomic mass is 35.5. The average Bonchev–Trinajstić information content (AvgIpc) is 2.75. The van der Waals surface area contributed by atoms with Crippen LogP contribution in [0.5, 0.6) is 0 Å². The highest BCUT2D eigenvalue weighted by Gasteiger charge is 2.05. The Morgan fingerprint density at radius 1 is 0.966 bits per heavy atom. The van der Waals surface area contributed by atoms with Crippen LogP contribution >= 0.6 is 11.6 Å². The third kappa shape index (κ3) is 4.71. The van der Waals surface area contributed by atoms with Crippen LogP contribution in [0.2, 0.25) is 5.02 Å². The van der Waals surface area contributed by atoms with Crippen LogP contribution in [0.1, 0.15) is 11.1 Å². The van der Waals surface area contributed by atoms with Crippen molar-refractivity contribution in [3.63, 3.8) is 0 Å². The predicted octanol–water partition coefficient (Wildman–Crippen LogP) is 5.72. The van der Waals surface area contributed by atoms with E-state index >= 15 is 0 Å². The lowest BCUT2D eigenvalue weighted by Gasteiger charge is -2.13. The van der Waals surface area contributed by atoms with Gasteiger partial charge in [-0.2, -0.15) is 0 Å². The summed E-state index contributed by atoms with van der Waals surface area (Å²) >= 11 is 5.90. The van der Waals surface area contributed by atoms with Gasteiger partial charge in [0.15, 0.2) is 0 Å². The molecule has 1 heterocycles. The van der Waals surface area contributed by atoms with Gasteiger partial charge in [0.2, 0.25) is 0 Å². The Hall–Kier alpha value is -3.41. The number of benzene rings is 3. The van der Waals surface area contributed by atoms with Gasteiger partial charge in [-0.15, -0.1) is 0 Å². The molecule has 4 rings (SSSR count). The second-order valence-electron chi connectivity index (χ2n) is 6.44. The van der Waals surface area contributed by atoms with Gasteiger partial charge in [0.25, 0.3) is 0 Å². The lowest BCUT2D eigenvalue weighted by Crippen LogP contribution is -2.12. The number of hydrogen-bond donors (Lipinski definition) is 2. The third-order valence-corrected chi connectivity index (χ3v) is 4.62. The van der Waals surface area contributed by atoms with Crippen LogP contribution < -0.4 is 10.8 Å². The van der Waals surface area contributed by atoms with Crippen molar-refractivity contribution in [1.29, 1.82) is 0 Å². The molecule has 4 aromatic rings. The number of nitrogens with one attached hydrogen (secondary N) is 2. The monoisotopic (exact) mass is 402 g/mol. The first-order valence-electron chi connectivity index (χ1n) is 9.07. The lowest BCUT2D eigenvalue weighted by molar-refractivity contribution is 0.0648. The van der Waals surface area contributed by atoms with Crippen molar-refractivity contribution in [2.45, 2.75) is 6.61 Å². The zero-order chi connectivity index (χ0) is 20.1. The molecule has 1 aromatic heterocycles. The number of fused-ring (bicyclic) bond motifs is 1. The predicted molar refractivity (Wildman–Crippen MR) is 118 cm³/mol. The molecular weight excluding hydrogens is 384 g/mol. The first-order valence-corrected chi connectivity index (χ1v) is 9.45. The number of anilines is 2. The van der Waals surface area contributed by atoms with Crippen LogP contribution in [0.25, 0.3) is 16.6 Å². The zero-order valence-corrected chi connectivity index (χ0v) is 16.4. The molecule has 0 unspecified atom stereocenters. The first kappa shape index (κ1) is 18.9. The van der Waals surface area contributed by atoms with Crippen molar-refractivity contribution < 1.29 is 4.84 Å². The lowest BCUT2D eigenvalue weighted by atomic mass is 10.1. The van der Waals surface area contributed by atoms with E-state index in [2.05, 4.69) is 27.3 Å². The van der Waals surface area contributed by atoms with Crippen LogP contribution in [0.15, 0.2) is 85.7 Å². The Bertz CT molecular complexity index is 1140. The van der Waals surface area contributed by atoms with Crippen molar-refractivity contribution in [3.8, 4) is 0 Å². The minimum Gasteiger partial charge on any atom is -0.340 e. The summed E-state index contributed by atoms with van der Waals surface area (Å²) in [5, 5.41) is 5.02. The highest BCUT2D eigenvalue weighted by molar-refractivity contribution is 6.30. The van der Waals surface area contributed by atoms with Crippen molar-refractivity contribution in [1.82, 2.24) is 15.4 Å². The molecule has 0 aliphatic carbocycles. The molecule has 144 valence electrons. The van der Waals surface area contributed by atoms with Gasteiger partial charge in [0, 0.05) is 21.7 Å². The summed E-state index contributed by atoms with van der Waals surface area (Å²) in [7, 11) is 0. The van der Waals surface area contributed by atoms with E-state index in [-0.39, 0.29) is 0 Å². The number of aromatic nitrogens is 2. The van der Waals surface area contributed by atoms with Crippen molar-refractivity contribution in [2.24, 2.45) is 0 Å². The topological polar surface area (TPSA) is 59.1 Å². The van der Waals surface area contributed by atoms with Gasteiger partial charge in [0.05, 0.1) is 17.8 Å².